The molecule has 0 saturated heterocycles. The van der Waals surface area contributed by atoms with Crippen molar-refractivity contribution in [3.63, 3.8) is 0 Å². The molecule has 0 fully saturated rings. The lowest BCUT2D eigenvalue weighted by Crippen LogP contribution is -2.30. The molecule has 4 nitrogen and oxygen atoms in total. The molecule has 0 aromatic rings. The molecule has 0 saturated carbocycles. The fourth-order valence-electron chi connectivity index (χ4n) is 1.14. The van der Waals surface area contributed by atoms with Crippen LogP contribution in [0.3, 0.4) is 0 Å². The lowest BCUT2D eigenvalue weighted by atomic mass is 10.3. The molecule has 0 radical (unpaired) electrons. The van der Waals surface area contributed by atoms with Crippen molar-refractivity contribution < 1.29 is 8.42 Å². The number of hydrogen-bond donors (Lipinski definition) is 2. The molecule has 0 spiro atoms. The lowest BCUT2D eigenvalue weighted by Gasteiger charge is -2.08. The van der Waals surface area contributed by atoms with Crippen LogP contribution in [-0.4, -0.2) is 33.3 Å². The SMILES string of the molecule is C#CCCCNS(=O)(=O)CCCNC(C)C. The number of terminal acetylenes is 1. The molecule has 5 heteroatoms. The molecular weight excluding hydrogens is 224 g/mol. The maximum atomic E-state index is 11.4. The third-order valence-corrected chi connectivity index (χ3v) is 3.43. The molecule has 2 N–H and O–H groups in total. The zero-order valence-corrected chi connectivity index (χ0v) is 10.9. The Morgan fingerprint density at radius 2 is 1.94 bits per heavy atom. The Kier molecular flexibility index (Phi) is 8.26. The predicted octanol–water partition coefficient (Wildman–Crippen LogP) is 0.707. The highest BCUT2D eigenvalue weighted by molar-refractivity contribution is 7.89. The van der Waals surface area contributed by atoms with Crippen molar-refractivity contribution in [1.29, 1.82) is 0 Å². The van der Waals surface area contributed by atoms with Gasteiger partial charge in [0.1, 0.15) is 0 Å². The van der Waals surface area contributed by atoms with E-state index in [9.17, 15) is 8.42 Å². The summed E-state index contributed by atoms with van der Waals surface area (Å²) < 4.78 is 25.4. The van der Waals surface area contributed by atoms with E-state index in [1.807, 2.05) is 13.8 Å². The van der Waals surface area contributed by atoms with Gasteiger partial charge in [0.15, 0.2) is 0 Å². The van der Waals surface area contributed by atoms with Crippen LogP contribution in [0.2, 0.25) is 0 Å². The van der Waals surface area contributed by atoms with Gasteiger partial charge < -0.3 is 5.32 Å². The van der Waals surface area contributed by atoms with E-state index >= 15 is 0 Å². The summed E-state index contributed by atoms with van der Waals surface area (Å²) in [5.74, 6) is 2.64. The van der Waals surface area contributed by atoms with E-state index in [4.69, 9.17) is 6.42 Å². The Labute approximate surface area is 99.2 Å². The topological polar surface area (TPSA) is 58.2 Å². The summed E-state index contributed by atoms with van der Waals surface area (Å²) in [7, 11) is -3.12. The molecule has 16 heavy (non-hydrogen) atoms. The fraction of sp³-hybridized carbons (Fsp3) is 0.818. The molecule has 0 unspecified atom stereocenters. The highest BCUT2D eigenvalue weighted by Gasteiger charge is 2.08. The van der Waals surface area contributed by atoms with Crippen LogP contribution in [0.15, 0.2) is 0 Å². The molecule has 94 valence electrons. The van der Waals surface area contributed by atoms with E-state index in [2.05, 4.69) is 16.0 Å². The van der Waals surface area contributed by atoms with Gasteiger partial charge in [-0.1, -0.05) is 13.8 Å². The van der Waals surface area contributed by atoms with Gasteiger partial charge in [-0.05, 0) is 19.4 Å². The normalized spacial score (nSPS) is 11.6. The number of rotatable bonds is 9. The van der Waals surface area contributed by atoms with Crippen LogP contribution in [0.25, 0.3) is 0 Å². The molecule has 0 aliphatic rings. The fourth-order valence-corrected chi connectivity index (χ4v) is 2.27. The van der Waals surface area contributed by atoms with Gasteiger partial charge in [-0.25, -0.2) is 13.1 Å². The van der Waals surface area contributed by atoms with Gasteiger partial charge in [0.05, 0.1) is 5.75 Å². The lowest BCUT2D eigenvalue weighted by molar-refractivity contribution is 0.560. The summed E-state index contributed by atoms with van der Waals surface area (Å²) in [6.07, 6.45) is 7.00. The predicted molar refractivity (Wildman–Crippen MR) is 67.6 cm³/mol. The average Bonchev–Trinajstić information content (AvgIpc) is 2.19. The van der Waals surface area contributed by atoms with Crippen molar-refractivity contribution in [2.45, 2.75) is 39.2 Å². The minimum atomic E-state index is -3.12. The number of unbranched alkanes of at least 4 members (excludes halogenated alkanes) is 1. The van der Waals surface area contributed by atoms with Crippen LogP contribution < -0.4 is 10.0 Å². The smallest absolute Gasteiger partial charge is 0.211 e. The highest BCUT2D eigenvalue weighted by Crippen LogP contribution is 1.91. The first-order valence-corrected chi connectivity index (χ1v) is 7.27. The van der Waals surface area contributed by atoms with Crippen LogP contribution >= 0.6 is 0 Å². The first-order valence-electron chi connectivity index (χ1n) is 5.62. The van der Waals surface area contributed by atoms with E-state index < -0.39 is 10.0 Å². The molecule has 0 aromatic heterocycles. The molecule has 0 amide bonds. The van der Waals surface area contributed by atoms with Gasteiger partial charge in [-0.2, -0.15) is 0 Å². The van der Waals surface area contributed by atoms with Crippen LogP contribution in [0.4, 0.5) is 0 Å². The van der Waals surface area contributed by atoms with Crippen molar-refractivity contribution in [3.8, 4) is 12.3 Å². The maximum absolute atomic E-state index is 11.4. The zero-order valence-electron chi connectivity index (χ0n) is 10.1. The van der Waals surface area contributed by atoms with Crippen LogP contribution in [-0.2, 0) is 10.0 Å². The Bertz CT molecular complexity index is 304. The first kappa shape index (κ1) is 15.4. The molecule has 0 aromatic carbocycles. The molecule has 0 aliphatic carbocycles. The van der Waals surface area contributed by atoms with E-state index in [1.165, 1.54) is 0 Å². The molecule has 0 aliphatic heterocycles. The largest absolute Gasteiger partial charge is 0.314 e. The van der Waals surface area contributed by atoms with Crippen molar-refractivity contribution in [2.24, 2.45) is 0 Å². The molecule has 0 heterocycles. The Hall–Kier alpha value is -0.570. The van der Waals surface area contributed by atoms with Crippen molar-refractivity contribution >= 4 is 10.0 Å². The second kappa shape index (κ2) is 8.57. The van der Waals surface area contributed by atoms with Gasteiger partial charge in [0.25, 0.3) is 0 Å². The second-order valence-electron chi connectivity index (χ2n) is 3.98. The maximum Gasteiger partial charge on any atom is 0.211 e. The quantitative estimate of drug-likeness (QED) is 0.465. The van der Waals surface area contributed by atoms with Crippen LogP contribution in [0.5, 0.6) is 0 Å². The number of sulfonamides is 1. The third-order valence-electron chi connectivity index (χ3n) is 1.96. The highest BCUT2D eigenvalue weighted by atomic mass is 32.2. The van der Waals surface area contributed by atoms with Crippen molar-refractivity contribution in [1.82, 2.24) is 10.0 Å². The molecule has 0 rings (SSSR count). The van der Waals surface area contributed by atoms with Gasteiger partial charge in [0.2, 0.25) is 10.0 Å². The second-order valence-corrected chi connectivity index (χ2v) is 5.91. The number of nitrogens with one attached hydrogen (secondary N) is 2. The first-order chi connectivity index (χ1) is 7.48. The van der Waals surface area contributed by atoms with E-state index in [0.29, 0.717) is 31.8 Å². The minimum absolute atomic E-state index is 0.169. The number of hydrogen-bond acceptors (Lipinski definition) is 3. The summed E-state index contributed by atoms with van der Waals surface area (Å²) in [5, 5.41) is 3.18. The van der Waals surface area contributed by atoms with Crippen molar-refractivity contribution in [2.75, 3.05) is 18.8 Å². The minimum Gasteiger partial charge on any atom is -0.314 e. The van der Waals surface area contributed by atoms with Gasteiger partial charge >= 0.3 is 0 Å². The van der Waals surface area contributed by atoms with Gasteiger partial charge in [-0.3, -0.25) is 0 Å². The van der Waals surface area contributed by atoms with E-state index in [1.54, 1.807) is 0 Å². The molecular formula is C11H22N2O2S. The van der Waals surface area contributed by atoms with Gasteiger partial charge in [-0.15, -0.1) is 12.3 Å². The van der Waals surface area contributed by atoms with Crippen LogP contribution in [0, 0.1) is 12.3 Å². The molecule has 0 bridgehead atoms. The Morgan fingerprint density at radius 1 is 1.25 bits per heavy atom. The monoisotopic (exact) mass is 246 g/mol. The van der Waals surface area contributed by atoms with Crippen molar-refractivity contribution in [3.05, 3.63) is 0 Å². The average molecular weight is 246 g/mol. The van der Waals surface area contributed by atoms with Crippen LogP contribution in [0.1, 0.15) is 33.1 Å². The molecule has 0 atom stereocenters. The summed E-state index contributed by atoms with van der Waals surface area (Å²) in [5.41, 5.74) is 0. The standard InChI is InChI=1S/C11H22N2O2S/c1-4-5-6-9-13-16(14,15)10-7-8-12-11(2)3/h1,11-13H,5-10H2,2-3H3. The zero-order chi connectivity index (χ0) is 12.4. The Balaban J connectivity index is 3.59. The van der Waals surface area contributed by atoms with E-state index in [-0.39, 0.29) is 5.75 Å². The summed E-state index contributed by atoms with van der Waals surface area (Å²) in [6.45, 7) is 5.23. The summed E-state index contributed by atoms with van der Waals surface area (Å²) >= 11 is 0. The Morgan fingerprint density at radius 3 is 2.50 bits per heavy atom. The summed E-state index contributed by atoms with van der Waals surface area (Å²) in [6, 6.07) is 0.395. The summed E-state index contributed by atoms with van der Waals surface area (Å²) in [4.78, 5) is 0. The third kappa shape index (κ3) is 9.97. The van der Waals surface area contributed by atoms with Gasteiger partial charge in [0, 0.05) is 19.0 Å². The van der Waals surface area contributed by atoms with E-state index in [0.717, 1.165) is 6.54 Å².